The van der Waals surface area contributed by atoms with E-state index in [0.29, 0.717) is 46.8 Å². The Morgan fingerprint density at radius 3 is 1.32 bits per heavy atom. The van der Waals surface area contributed by atoms with E-state index in [1.165, 1.54) is 14.2 Å². The molecule has 0 amide bonds. The van der Waals surface area contributed by atoms with Crippen molar-refractivity contribution in [3.8, 4) is 11.5 Å². The number of anilines is 2. The molecule has 7 heteroatoms. The first-order valence-electron chi connectivity index (χ1n) is 12.0. The minimum Gasteiger partial charge on any atom is -0.495 e. The van der Waals surface area contributed by atoms with Crippen molar-refractivity contribution < 1.29 is 17.9 Å². The molecule has 0 aromatic heterocycles. The van der Waals surface area contributed by atoms with Gasteiger partial charge < -0.3 is 20.9 Å². The van der Waals surface area contributed by atoms with Crippen molar-refractivity contribution in [2.75, 3.05) is 25.7 Å². The Morgan fingerprint density at radius 1 is 0.622 bits per heavy atom. The molecule has 0 bridgehead atoms. The molecule has 0 aliphatic rings. The Balaban J connectivity index is 1.86. The molecule has 0 saturated heterocycles. The highest BCUT2D eigenvalue weighted by atomic mass is 32.2. The van der Waals surface area contributed by atoms with E-state index >= 15 is 0 Å². The van der Waals surface area contributed by atoms with Gasteiger partial charge in [0.15, 0.2) is 9.84 Å². The number of hydrogen-bond donors (Lipinski definition) is 2. The molecule has 2 atom stereocenters. The fourth-order valence-corrected chi connectivity index (χ4v) is 6.91. The molecule has 0 saturated carbocycles. The normalized spacial score (nSPS) is 13.0. The van der Waals surface area contributed by atoms with E-state index in [2.05, 4.69) is 0 Å². The van der Waals surface area contributed by atoms with Crippen LogP contribution in [-0.2, 0) is 22.7 Å². The molecular weight excluding hydrogens is 484 g/mol. The quantitative estimate of drug-likeness (QED) is 0.268. The van der Waals surface area contributed by atoms with Crippen LogP contribution in [0.4, 0.5) is 11.4 Å². The van der Waals surface area contributed by atoms with E-state index in [4.69, 9.17) is 20.9 Å². The minimum absolute atomic E-state index is 0.297. The maximum absolute atomic E-state index is 14.6. The standard InChI is InChI=1S/C30H32N2O4S/c1-35-27-15-13-23(19-25(27)31)29(17-21-9-5-3-6-10-21)37(33,34)30(18-22-11-7-4-8-12-22)24-14-16-28(36-2)26(32)20-24/h3-16,19-20,29-30H,17-18,31-32H2,1-2H3. The summed E-state index contributed by atoms with van der Waals surface area (Å²) in [7, 11) is -0.761. The number of methoxy groups -OCH3 is 2. The van der Waals surface area contributed by atoms with E-state index < -0.39 is 20.3 Å². The highest BCUT2D eigenvalue weighted by molar-refractivity contribution is 7.91. The van der Waals surface area contributed by atoms with Gasteiger partial charge in [-0.25, -0.2) is 8.42 Å². The average Bonchev–Trinajstić information content (AvgIpc) is 2.91. The third kappa shape index (κ3) is 5.89. The number of sulfone groups is 1. The van der Waals surface area contributed by atoms with Crippen molar-refractivity contribution in [2.45, 2.75) is 23.3 Å². The SMILES string of the molecule is COc1ccc(C(Cc2ccccc2)S(=O)(=O)C(Cc2ccccc2)c2ccc(OC)c(N)c2)cc1N. The molecule has 0 radical (unpaired) electrons. The van der Waals surface area contributed by atoms with Crippen molar-refractivity contribution in [2.24, 2.45) is 0 Å². The van der Waals surface area contributed by atoms with Gasteiger partial charge in [-0.05, 0) is 59.4 Å². The summed E-state index contributed by atoms with van der Waals surface area (Å²) in [5.41, 5.74) is 16.3. The van der Waals surface area contributed by atoms with E-state index in [-0.39, 0.29) is 0 Å². The van der Waals surface area contributed by atoms with Gasteiger partial charge in [0.1, 0.15) is 11.5 Å². The van der Waals surface area contributed by atoms with Crippen LogP contribution in [0.15, 0.2) is 97.1 Å². The molecule has 0 fully saturated rings. The smallest absolute Gasteiger partial charge is 0.164 e. The van der Waals surface area contributed by atoms with E-state index in [9.17, 15) is 8.42 Å². The molecule has 4 aromatic carbocycles. The number of nitrogens with two attached hydrogens (primary N) is 2. The Kier molecular flexibility index (Phi) is 8.04. The number of ether oxygens (including phenoxy) is 2. The van der Waals surface area contributed by atoms with Crippen LogP contribution >= 0.6 is 0 Å². The second kappa shape index (κ2) is 11.4. The van der Waals surface area contributed by atoms with Crippen LogP contribution < -0.4 is 20.9 Å². The van der Waals surface area contributed by atoms with E-state index in [1.807, 2.05) is 60.7 Å². The second-order valence-corrected chi connectivity index (χ2v) is 11.3. The van der Waals surface area contributed by atoms with Crippen molar-refractivity contribution >= 4 is 21.2 Å². The molecule has 4 aromatic rings. The fourth-order valence-electron chi connectivity index (χ4n) is 4.61. The maximum atomic E-state index is 14.6. The van der Waals surface area contributed by atoms with Gasteiger partial charge in [0.25, 0.3) is 0 Å². The molecule has 37 heavy (non-hydrogen) atoms. The predicted octanol–water partition coefficient (Wildman–Crippen LogP) is 5.55. The third-order valence-electron chi connectivity index (χ3n) is 6.57. The van der Waals surface area contributed by atoms with E-state index in [0.717, 1.165) is 11.1 Å². The van der Waals surface area contributed by atoms with Crippen LogP contribution in [0, 0.1) is 0 Å². The van der Waals surface area contributed by atoms with Gasteiger partial charge in [-0.3, -0.25) is 0 Å². The topological polar surface area (TPSA) is 105 Å². The molecule has 0 aliphatic heterocycles. The molecule has 0 heterocycles. The lowest BCUT2D eigenvalue weighted by Crippen LogP contribution is -2.25. The van der Waals surface area contributed by atoms with Gasteiger partial charge in [0, 0.05) is 0 Å². The lowest BCUT2D eigenvalue weighted by Gasteiger charge is -2.26. The van der Waals surface area contributed by atoms with Crippen molar-refractivity contribution in [3.05, 3.63) is 119 Å². The lowest BCUT2D eigenvalue weighted by atomic mass is 10.0. The summed E-state index contributed by atoms with van der Waals surface area (Å²) >= 11 is 0. The summed E-state index contributed by atoms with van der Waals surface area (Å²) in [5.74, 6) is 1.01. The summed E-state index contributed by atoms with van der Waals surface area (Å²) in [4.78, 5) is 0. The number of rotatable bonds is 10. The van der Waals surface area contributed by atoms with Crippen LogP contribution in [0.1, 0.15) is 32.8 Å². The number of hydrogen-bond acceptors (Lipinski definition) is 6. The first-order valence-corrected chi connectivity index (χ1v) is 13.6. The minimum atomic E-state index is -3.83. The zero-order chi connectivity index (χ0) is 26.4. The van der Waals surface area contributed by atoms with Crippen LogP contribution in [0.2, 0.25) is 0 Å². The van der Waals surface area contributed by atoms with Crippen LogP contribution in [0.25, 0.3) is 0 Å². The largest absolute Gasteiger partial charge is 0.495 e. The molecule has 0 aliphatic carbocycles. The van der Waals surface area contributed by atoms with Crippen molar-refractivity contribution in [3.63, 3.8) is 0 Å². The first-order chi connectivity index (χ1) is 17.8. The average molecular weight is 517 g/mol. The van der Waals surface area contributed by atoms with Crippen LogP contribution in [-0.4, -0.2) is 22.6 Å². The predicted molar refractivity (Wildman–Crippen MR) is 150 cm³/mol. The van der Waals surface area contributed by atoms with Gasteiger partial charge in [0.05, 0.1) is 36.1 Å². The van der Waals surface area contributed by atoms with Gasteiger partial charge in [0.2, 0.25) is 0 Å². The summed E-state index contributed by atoms with van der Waals surface area (Å²) < 4.78 is 39.9. The Bertz CT molecular complexity index is 1340. The summed E-state index contributed by atoms with van der Waals surface area (Å²) in [6.45, 7) is 0. The van der Waals surface area contributed by atoms with Crippen LogP contribution in [0.5, 0.6) is 11.5 Å². The monoisotopic (exact) mass is 516 g/mol. The third-order valence-corrected chi connectivity index (χ3v) is 9.04. The number of nitrogen functional groups attached to an aromatic ring is 2. The van der Waals surface area contributed by atoms with Gasteiger partial charge in [-0.15, -0.1) is 0 Å². The molecule has 192 valence electrons. The molecular formula is C30H32N2O4S. The molecule has 4 N–H and O–H groups in total. The Hall–Kier alpha value is -3.97. The molecule has 2 unspecified atom stereocenters. The summed E-state index contributed by atoms with van der Waals surface area (Å²) in [6.07, 6.45) is 0.595. The maximum Gasteiger partial charge on any atom is 0.164 e. The second-order valence-electron chi connectivity index (χ2n) is 8.95. The molecule has 6 nitrogen and oxygen atoms in total. The molecule has 4 rings (SSSR count). The first kappa shape index (κ1) is 26.1. The molecule has 0 spiro atoms. The van der Waals surface area contributed by atoms with E-state index in [1.54, 1.807) is 36.4 Å². The van der Waals surface area contributed by atoms with Gasteiger partial charge in [-0.1, -0.05) is 72.8 Å². The zero-order valence-corrected chi connectivity index (χ0v) is 21.8. The van der Waals surface area contributed by atoms with Crippen molar-refractivity contribution in [1.82, 2.24) is 0 Å². The highest BCUT2D eigenvalue weighted by Crippen LogP contribution is 2.41. The lowest BCUT2D eigenvalue weighted by molar-refractivity contribution is 0.417. The van der Waals surface area contributed by atoms with Crippen molar-refractivity contribution in [1.29, 1.82) is 0 Å². The Labute approximate surface area is 218 Å². The van der Waals surface area contributed by atoms with Gasteiger partial charge in [-0.2, -0.15) is 0 Å². The summed E-state index contributed by atoms with van der Waals surface area (Å²) in [5, 5.41) is -1.69. The van der Waals surface area contributed by atoms with Crippen LogP contribution in [0.3, 0.4) is 0 Å². The Morgan fingerprint density at radius 2 is 1.00 bits per heavy atom. The fraction of sp³-hybridized carbons (Fsp3) is 0.200. The highest BCUT2D eigenvalue weighted by Gasteiger charge is 2.37. The van der Waals surface area contributed by atoms with Gasteiger partial charge >= 0.3 is 0 Å². The zero-order valence-electron chi connectivity index (χ0n) is 21.0. The number of benzene rings is 4. The summed E-state index contributed by atoms with van der Waals surface area (Å²) in [6, 6.07) is 29.6.